The second-order valence-corrected chi connectivity index (χ2v) is 15.6. The van der Waals surface area contributed by atoms with E-state index in [9.17, 15) is 0 Å². The first-order chi connectivity index (χ1) is 27.7. The number of hydrogen-bond acceptors (Lipinski definition) is 3. The molecule has 0 fully saturated rings. The fourth-order valence-electron chi connectivity index (χ4n) is 9.03. The Labute approximate surface area is 326 Å². The Morgan fingerprint density at radius 1 is 0.446 bits per heavy atom. The zero-order valence-electron chi connectivity index (χ0n) is 30.4. The number of rotatable bonds is 4. The summed E-state index contributed by atoms with van der Waals surface area (Å²) in [6, 6.07) is 63.0. The van der Waals surface area contributed by atoms with Gasteiger partial charge in [0.2, 0.25) is 0 Å². The van der Waals surface area contributed by atoms with Gasteiger partial charge in [0.15, 0.2) is 0 Å². The third kappa shape index (κ3) is 4.40. The lowest BCUT2D eigenvalue weighted by atomic mass is 10.0. The molecular formula is C51H32N4S. The SMILES string of the molecule is Cc1cc(-c2nc3ccccc3nc2-c2ccccc2)ccc1-n1c2ccccc2c2c3sc4ccccc4c3c3c(c4ccccc4n3-c3ccccc3)c21. The average Bonchev–Trinajstić information content (AvgIpc) is 3.92. The summed E-state index contributed by atoms with van der Waals surface area (Å²) in [6.07, 6.45) is 0. The number of fused-ring (bicyclic) bond motifs is 13. The summed E-state index contributed by atoms with van der Waals surface area (Å²) in [7, 11) is 0. The molecule has 0 N–H and O–H groups in total. The van der Waals surface area contributed by atoms with Crippen molar-refractivity contribution in [3.05, 3.63) is 181 Å². The number of aryl methyl sites for hydroxylation is 1. The molecule has 0 bridgehead atoms. The summed E-state index contributed by atoms with van der Waals surface area (Å²) in [4.78, 5) is 10.4. The second kappa shape index (κ2) is 12.0. The number of hydrogen-bond donors (Lipinski definition) is 0. The quantitative estimate of drug-likeness (QED) is 0.181. The van der Waals surface area contributed by atoms with Crippen LogP contribution in [0.2, 0.25) is 0 Å². The van der Waals surface area contributed by atoms with Gasteiger partial charge in [0.1, 0.15) is 0 Å². The van der Waals surface area contributed by atoms with Gasteiger partial charge < -0.3 is 9.13 Å². The molecule has 12 aromatic rings. The number of para-hydroxylation sites is 5. The predicted octanol–water partition coefficient (Wildman–Crippen LogP) is 13.8. The Kier molecular flexibility index (Phi) is 6.68. The first kappa shape index (κ1) is 31.3. The molecule has 4 nitrogen and oxygen atoms in total. The van der Waals surface area contributed by atoms with Crippen molar-refractivity contribution in [1.82, 2.24) is 19.1 Å². The van der Waals surface area contributed by atoms with Crippen molar-refractivity contribution in [2.75, 3.05) is 0 Å². The van der Waals surface area contributed by atoms with Gasteiger partial charge in [0.25, 0.3) is 0 Å². The largest absolute Gasteiger partial charge is 0.308 e. The summed E-state index contributed by atoms with van der Waals surface area (Å²) in [5, 5.41) is 7.67. The molecule has 0 atom stereocenters. The van der Waals surface area contributed by atoms with E-state index in [1.165, 1.54) is 63.8 Å². The van der Waals surface area contributed by atoms with Crippen molar-refractivity contribution in [2.24, 2.45) is 0 Å². The fourth-order valence-corrected chi connectivity index (χ4v) is 10.3. The van der Waals surface area contributed by atoms with Crippen LogP contribution < -0.4 is 0 Å². The molecule has 0 aliphatic carbocycles. The maximum absolute atomic E-state index is 5.25. The third-order valence-corrected chi connectivity index (χ3v) is 12.6. The molecule has 56 heavy (non-hydrogen) atoms. The molecule has 0 spiro atoms. The monoisotopic (exact) mass is 732 g/mol. The van der Waals surface area contributed by atoms with Crippen molar-refractivity contribution in [1.29, 1.82) is 0 Å². The van der Waals surface area contributed by atoms with E-state index in [0.717, 1.165) is 50.5 Å². The highest BCUT2D eigenvalue weighted by atomic mass is 32.1. The normalized spacial score (nSPS) is 12.0. The first-order valence-electron chi connectivity index (χ1n) is 19.0. The van der Waals surface area contributed by atoms with E-state index in [-0.39, 0.29) is 0 Å². The Balaban J connectivity index is 1.22. The van der Waals surface area contributed by atoms with E-state index in [1.54, 1.807) is 0 Å². The lowest BCUT2D eigenvalue weighted by Crippen LogP contribution is -2.00. The highest BCUT2D eigenvalue weighted by Crippen LogP contribution is 2.51. The molecule has 4 aromatic heterocycles. The summed E-state index contributed by atoms with van der Waals surface area (Å²) < 4.78 is 7.63. The molecule has 0 amide bonds. The number of benzene rings is 8. The molecule has 8 aromatic carbocycles. The summed E-state index contributed by atoms with van der Waals surface area (Å²) in [5.74, 6) is 0. The van der Waals surface area contributed by atoms with Gasteiger partial charge in [0, 0.05) is 64.2 Å². The molecular weight excluding hydrogens is 701 g/mol. The van der Waals surface area contributed by atoms with E-state index >= 15 is 0 Å². The van der Waals surface area contributed by atoms with Crippen LogP contribution in [0.4, 0.5) is 0 Å². The van der Waals surface area contributed by atoms with Gasteiger partial charge in [-0.2, -0.15) is 0 Å². The molecule has 0 saturated heterocycles. The molecule has 0 radical (unpaired) electrons. The molecule has 12 rings (SSSR count). The molecule has 0 aliphatic rings. The summed E-state index contributed by atoms with van der Waals surface area (Å²) in [6.45, 7) is 2.23. The molecule has 0 aliphatic heterocycles. The van der Waals surface area contributed by atoms with E-state index in [4.69, 9.17) is 9.97 Å². The Hall–Kier alpha value is -7.08. The van der Waals surface area contributed by atoms with E-state index in [1.807, 2.05) is 41.7 Å². The fraction of sp³-hybridized carbons (Fsp3) is 0.0196. The number of thiophene rings is 1. The van der Waals surface area contributed by atoms with Crippen LogP contribution in [0.25, 0.3) is 109 Å². The van der Waals surface area contributed by atoms with Gasteiger partial charge in [-0.3, -0.25) is 0 Å². The standard InChI is InChI=1S/C51H32N4S/c1-31-30-33(48-47(32-16-4-2-5-17-32)52-38-23-11-12-24-39(38)53-48)28-29-40(31)55-42-26-14-9-21-36(42)45-50(55)44-35-20-8-13-25-41(35)54(34-18-6-3-7-19-34)49(44)46-37-22-10-15-27-43(37)56-51(45)46/h2-30H,1H3. The maximum Gasteiger partial charge on any atom is 0.0973 e. The van der Waals surface area contributed by atoms with E-state index < -0.39 is 0 Å². The van der Waals surface area contributed by atoms with Gasteiger partial charge in [-0.05, 0) is 67.1 Å². The minimum atomic E-state index is 0.882. The Bertz CT molecular complexity index is 3540. The van der Waals surface area contributed by atoms with Crippen LogP contribution in [0.5, 0.6) is 0 Å². The van der Waals surface area contributed by atoms with Crippen molar-refractivity contribution in [2.45, 2.75) is 6.92 Å². The van der Waals surface area contributed by atoms with Crippen molar-refractivity contribution in [3.8, 4) is 33.9 Å². The molecule has 0 saturated carbocycles. The Morgan fingerprint density at radius 2 is 0.982 bits per heavy atom. The molecule has 262 valence electrons. The molecule has 0 unspecified atom stereocenters. The summed E-state index contributed by atoms with van der Waals surface area (Å²) in [5.41, 5.74) is 14.0. The smallest absolute Gasteiger partial charge is 0.0973 e. The van der Waals surface area contributed by atoms with Gasteiger partial charge in [-0.15, -0.1) is 11.3 Å². The van der Waals surface area contributed by atoms with Crippen molar-refractivity contribution < 1.29 is 0 Å². The van der Waals surface area contributed by atoms with Crippen molar-refractivity contribution >= 4 is 86.2 Å². The lowest BCUT2D eigenvalue weighted by molar-refractivity contribution is 1.15. The van der Waals surface area contributed by atoms with Crippen LogP contribution in [-0.2, 0) is 0 Å². The van der Waals surface area contributed by atoms with E-state index in [0.29, 0.717) is 0 Å². The minimum Gasteiger partial charge on any atom is -0.308 e. The Morgan fingerprint density at radius 3 is 1.70 bits per heavy atom. The first-order valence-corrected chi connectivity index (χ1v) is 19.8. The van der Waals surface area contributed by atoms with Crippen LogP contribution in [-0.4, -0.2) is 19.1 Å². The van der Waals surface area contributed by atoms with Crippen molar-refractivity contribution in [3.63, 3.8) is 0 Å². The van der Waals surface area contributed by atoms with Crippen LogP contribution in [0.3, 0.4) is 0 Å². The van der Waals surface area contributed by atoms with Crippen LogP contribution in [0, 0.1) is 6.92 Å². The summed E-state index contributed by atoms with van der Waals surface area (Å²) >= 11 is 1.91. The van der Waals surface area contributed by atoms with Crippen LogP contribution in [0.15, 0.2) is 176 Å². The predicted molar refractivity (Wildman–Crippen MR) is 237 cm³/mol. The molecule has 5 heteroatoms. The highest BCUT2D eigenvalue weighted by Gasteiger charge is 2.27. The zero-order valence-corrected chi connectivity index (χ0v) is 31.3. The topological polar surface area (TPSA) is 35.6 Å². The third-order valence-electron chi connectivity index (χ3n) is 11.4. The van der Waals surface area contributed by atoms with Gasteiger partial charge in [-0.1, -0.05) is 121 Å². The highest BCUT2D eigenvalue weighted by molar-refractivity contribution is 7.27. The maximum atomic E-state index is 5.25. The van der Waals surface area contributed by atoms with Crippen LogP contribution >= 0.6 is 11.3 Å². The minimum absolute atomic E-state index is 0.882. The zero-order chi connectivity index (χ0) is 36.9. The van der Waals surface area contributed by atoms with Gasteiger partial charge >= 0.3 is 0 Å². The number of nitrogens with zero attached hydrogens (tertiary/aromatic N) is 4. The average molecular weight is 733 g/mol. The van der Waals surface area contributed by atoms with E-state index in [2.05, 4.69) is 162 Å². The van der Waals surface area contributed by atoms with Crippen LogP contribution in [0.1, 0.15) is 5.56 Å². The van der Waals surface area contributed by atoms with Gasteiger partial charge in [-0.25, -0.2) is 9.97 Å². The second-order valence-electron chi connectivity index (χ2n) is 14.6. The number of aromatic nitrogens is 4. The molecule has 4 heterocycles. The lowest BCUT2D eigenvalue weighted by Gasteiger charge is -2.16. The van der Waals surface area contributed by atoms with Gasteiger partial charge in [0.05, 0.1) is 44.5 Å².